The maximum Gasteiger partial charge on any atom is 0.291 e. The fourth-order valence-corrected chi connectivity index (χ4v) is 6.58. The van der Waals surface area contributed by atoms with Gasteiger partial charge >= 0.3 is 0 Å². The number of carbonyl (C=O) groups is 3. The van der Waals surface area contributed by atoms with Crippen molar-refractivity contribution < 1.29 is 18.8 Å². The summed E-state index contributed by atoms with van der Waals surface area (Å²) in [6.45, 7) is 1.84. The first-order valence-corrected chi connectivity index (χ1v) is 11.4. The van der Waals surface area contributed by atoms with Gasteiger partial charge in [-0.15, -0.1) is 0 Å². The van der Waals surface area contributed by atoms with Gasteiger partial charge in [-0.05, 0) is 98.4 Å². The van der Waals surface area contributed by atoms with E-state index in [-0.39, 0.29) is 23.0 Å². The number of hydrazine groups is 1. The van der Waals surface area contributed by atoms with Gasteiger partial charge in [0.05, 0.1) is 6.26 Å². The highest BCUT2D eigenvalue weighted by Crippen LogP contribution is 2.61. The van der Waals surface area contributed by atoms with Crippen molar-refractivity contribution >= 4 is 23.4 Å². The van der Waals surface area contributed by atoms with Gasteiger partial charge in [-0.25, -0.2) is 0 Å². The molecular formula is C25H29N3O4. The van der Waals surface area contributed by atoms with Gasteiger partial charge in [0.2, 0.25) is 5.91 Å². The third kappa shape index (κ3) is 4.16. The van der Waals surface area contributed by atoms with E-state index in [0.717, 1.165) is 42.6 Å². The predicted octanol–water partition coefficient (Wildman–Crippen LogP) is 4.21. The first-order chi connectivity index (χ1) is 15.4. The Morgan fingerprint density at radius 1 is 0.969 bits per heavy atom. The third-order valence-electron chi connectivity index (χ3n) is 7.51. The normalized spacial score (nSPS) is 27.7. The molecule has 7 nitrogen and oxygen atoms in total. The fourth-order valence-electron chi connectivity index (χ4n) is 6.58. The predicted molar refractivity (Wildman–Crippen MR) is 119 cm³/mol. The number of carbonyl (C=O) groups excluding carboxylic acids is 3. The quantitative estimate of drug-likeness (QED) is 0.613. The highest BCUT2D eigenvalue weighted by Gasteiger charge is 2.51. The molecule has 1 heterocycles. The molecule has 4 saturated carbocycles. The largest absolute Gasteiger partial charge is 0.459 e. The van der Waals surface area contributed by atoms with Crippen LogP contribution < -0.4 is 16.2 Å². The zero-order chi connectivity index (χ0) is 22.3. The standard InChI is InChI=1S/C25H29N3O4/c1-15-4-5-19(10-20(15)26-24(31)21-3-2-6-32-21)23(30)28-27-22(29)14-25-11-16-7-17(12-25)9-18(8-16)13-25/h2-6,10,16-18H,7-9,11-14H2,1H3,(H,26,31)(H,27,29)(H,28,30). The van der Waals surface area contributed by atoms with Gasteiger partial charge in [-0.2, -0.15) is 0 Å². The zero-order valence-electron chi connectivity index (χ0n) is 18.3. The van der Waals surface area contributed by atoms with Crippen LogP contribution in [-0.2, 0) is 4.79 Å². The lowest BCUT2D eigenvalue weighted by Crippen LogP contribution is -2.50. The molecule has 4 aliphatic rings. The molecule has 0 unspecified atom stereocenters. The number of aryl methyl sites for hydroxylation is 1. The minimum absolute atomic E-state index is 0.122. The lowest BCUT2D eigenvalue weighted by molar-refractivity contribution is -0.130. The molecule has 4 bridgehead atoms. The second-order valence-electron chi connectivity index (χ2n) is 10.1. The Hall–Kier alpha value is -3.09. The minimum Gasteiger partial charge on any atom is -0.459 e. The Morgan fingerprint density at radius 2 is 1.66 bits per heavy atom. The molecular weight excluding hydrogens is 406 g/mol. The topological polar surface area (TPSA) is 100 Å². The average molecular weight is 436 g/mol. The van der Waals surface area contributed by atoms with Crippen LogP contribution in [0.2, 0.25) is 0 Å². The second-order valence-corrected chi connectivity index (χ2v) is 10.1. The van der Waals surface area contributed by atoms with E-state index in [1.54, 1.807) is 30.3 Å². The number of hydrogen-bond acceptors (Lipinski definition) is 4. The Morgan fingerprint density at radius 3 is 2.28 bits per heavy atom. The Balaban J connectivity index is 1.18. The molecule has 3 N–H and O–H groups in total. The molecule has 4 aliphatic carbocycles. The van der Waals surface area contributed by atoms with Gasteiger partial charge in [0.1, 0.15) is 0 Å². The van der Waals surface area contributed by atoms with E-state index in [1.165, 1.54) is 25.5 Å². The van der Waals surface area contributed by atoms with Crippen LogP contribution >= 0.6 is 0 Å². The molecule has 32 heavy (non-hydrogen) atoms. The number of benzene rings is 1. The molecule has 1 aromatic heterocycles. The summed E-state index contributed by atoms with van der Waals surface area (Å²) in [5, 5.41) is 2.76. The molecule has 0 spiro atoms. The van der Waals surface area contributed by atoms with Crippen molar-refractivity contribution in [1.82, 2.24) is 10.9 Å². The van der Waals surface area contributed by atoms with Crippen molar-refractivity contribution in [3.63, 3.8) is 0 Å². The molecule has 6 rings (SSSR count). The minimum atomic E-state index is -0.419. The van der Waals surface area contributed by atoms with E-state index < -0.39 is 5.91 Å². The number of amides is 3. The number of furan rings is 1. The second kappa shape index (κ2) is 8.11. The van der Waals surface area contributed by atoms with Crippen LogP contribution in [-0.4, -0.2) is 17.7 Å². The van der Waals surface area contributed by atoms with Crippen molar-refractivity contribution in [3.8, 4) is 0 Å². The summed E-state index contributed by atoms with van der Waals surface area (Å²) in [5.41, 5.74) is 6.95. The number of hydrogen-bond donors (Lipinski definition) is 3. The van der Waals surface area contributed by atoms with Crippen LogP contribution in [0.5, 0.6) is 0 Å². The summed E-state index contributed by atoms with van der Waals surface area (Å²) < 4.78 is 5.11. The van der Waals surface area contributed by atoms with Crippen LogP contribution in [0.3, 0.4) is 0 Å². The van der Waals surface area contributed by atoms with E-state index in [1.807, 2.05) is 6.92 Å². The van der Waals surface area contributed by atoms with E-state index in [2.05, 4.69) is 16.2 Å². The summed E-state index contributed by atoms with van der Waals surface area (Å²) in [7, 11) is 0. The summed E-state index contributed by atoms with van der Waals surface area (Å²) in [5.74, 6) is 1.61. The van der Waals surface area contributed by atoms with Crippen molar-refractivity contribution in [1.29, 1.82) is 0 Å². The highest BCUT2D eigenvalue weighted by atomic mass is 16.3. The smallest absolute Gasteiger partial charge is 0.291 e. The van der Waals surface area contributed by atoms with E-state index in [0.29, 0.717) is 17.7 Å². The lowest BCUT2D eigenvalue weighted by Gasteiger charge is -2.56. The van der Waals surface area contributed by atoms with E-state index in [4.69, 9.17) is 4.42 Å². The van der Waals surface area contributed by atoms with Gasteiger partial charge in [-0.3, -0.25) is 25.2 Å². The van der Waals surface area contributed by atoms with E-state index in [9.17, 15) is 14.4 Å². The Bertz CT molecular complexity index is 1010. The van der Waals surface area contributed by atoms with Crippen LogP contribution in [0.15, 0.2) is 41.0 Å². The van der Waals surface area contributed by atoms with Crippen molar-refractivity contribution in [2.75, 3.05) is 5.32 Å². The summed E-state index contributed by atoms with van der Waals surface area (Å²) >= 11 is 0. The molecule has 0 aliphatic heterocycles. The van der Waals surface area contributed by atoms with Crippen LogP contribution in [0.1, 0.15) is 71.4 Å². The van der Waals surface area contributed by atoms with Crippen molar-refractivity contribution in [3.05, 3.63) is 53.5 Å². The van der Waals surface area contributed by atoms with Gasteiger partial charge in [-0.1, -0.05) is 6.07 Å². The zero-order valence-corrected chi connectivity index (χ0v) is 18.3. The molecule has 0 radical (unpaired) electrons. The average Bonchev–Trinajstić information content (AvgIpc) is 3.27. The molecule has 2 aromatic rings. The molecule has 1 aromatic carbocycles. The van der Waals surface area contributed by atoms with Crippen LogP contribution in [0.25, 0.3) is 0 Å². The highest BCUT2D eigenvalue weighted by molar-refractivity contribution is 6.04. The summed E-state index contributed by atoms with van der Waals surface area (Å²) in [6.07, 6.45) is 9.37. The van der Waals surface area contributed by atoms with Crippen LogP contribution in [0.4, 0.5) is 5.69 Å². The maximum absolute atomic E-state index is 12.7. The Kier molecular flexibility index (Phi) is 5.27. The van der Waals surface area contributed by atoms with Gasteiger partial charge < -0.3 is 9.73 Å². The van der Waals surface area contributed by atoms with Gasteiger partial charge in [0, 0.05) is 17.7 Å². The molecule has 4 fully saturated rings. The molecule has 0 atom stereocenters. The molecule has 7 heteroatoms. The Labute approximate surface area is 187 Å². The molecule has 168 valence electrons. The van der Waals surface area contributed by atoms with Crippen molar-refractivity contribution in [2.24, 2.45) is 23.2 Å². The third-order valence-corrected chi connectivity index (χ3v) is 7.51. The van der Waals surface area contributed by atoms with E-state index >= 15 is 0 Å². The first-order valence-electron chi connectivity index (χ1n) is 11.4. The maximum atomic E-state index is 12.7. The SMILES string of the molecule is Cc1ccc(C(=O)NNC(=O)CC23CC4CC(CC(C4)C2)C3)cc1NC(=O)c1ccco1. The number of rotatable bonds is 5. The van der Waals surface area contributed by atoms with Gasteiger partial charge in [0.25, 0.3) is 11.8 Å². The molecule has 3 amide bonds. The summed E-state index contributed by atoms with van der Waals surface area (Å²) in [4.78, 5) is 37.6. The first kappa shape index (κ1) is 20.8. The van der Waals surface area contributed by atoms with Gasteiger partial charge in [0.15, 0.2) is 5.76 Å². The monoisotopic (exact) mass is 435 g/mol. The van der Waals surface area contributed by atoms with Crippen LogP contribution in [0, 0.1) is 30.1 Å². The fraction of sp³-hybridized carbons (Fsp3) is 0.480. The number of nitrogens with one attached hydrogen (secondary N) is 3. The lowest BCUT2D eigenvalue weighted by atomic mass is 9.49. The number of anilines is 1. The summed E-state index contributed by atoms with van der Waals surface area (Å²) in [6, 6.07) is 8.22. The van der Waals surface area contributed by atoms with Crippen molar-refractivity contribution in [2.45, 2.75) is 51.9 Å². The molecule has 0 saturated heterocycles.